The molecule has 0 nitrogen and oxygen atoms in total. The van der Waals surface area contributed by atoms with E-state index in [0.29, 0.717) is 0 Å². The van der Waals surface area contributed by atoms with Gasteiger partial charge in [-0.25, -0.2) is 0 Å². The molecule has 0 atom stereocenters. The van der Waals surface area contributed by atoms with Crippen molar-refractivity contribution in [1.82, 2.24) is 0 Å². The molecule has 1 heterocycles. The fraction of sp³-hybridized carbons (Fsp3) is 0.167. The van der Waals surface area contributed by atoms with Crippen LogP contribution in [0.2, 0.25) is 0 Å². The van der Waals surface area contributed by atoms with Crippen LogP contribution in [0.5, 0.6) is 0 Å². The van der Waals surface area contributed by atoms with Gasteiger partial charge < -0.3 is 0 Å². The molecule has 0 unspecified atom stereocenters. The van der Waals surface area contributed by atoms with Crippen LogP contribution in [0.15, 0.2) is 78.9 Å². The third-order valence-electron chi connectivity index (χ3n) is 4.63. The first kappa shape index (κ1) is 16.1. The quantitative estimate of drug-likeness (QED) is 0.354. The molecule has 0 fully saturated rings. The van der Waals surface area contributed by atoms with Gasteiger partial charge in [0.15, 0.2) is 0 Å². The van der Waals surface area contributed by atoms with Crippen LogP contribution in [0.3, 0.4) is 0 Å². The fourth-order valence-electron chi connectivity index (χ4n) is 3.16. The van der Waals surface area contributed by atoms with Gasteiger partial charge in [0.05, 0.1) is 0 Å². The maximum absolute atomic E-state index is 2.38. The average Bonchev–Trinajstić information content (AvgIpc) is 3.07. The summed E-state index contributed by atoms with van der Waals surface area (Å²) < 4.78 is 0. The van der Waals surface area contributed by atoms with E-state index >= 15 is 0 Å². The molecule has 0 spiro atoms. The Morgan fingerprint density at radius 3 is 1.84 bits per heavy atom. The van der Waals surface area contributed by atoms with E-state index in [1.165, 1.54) is 37.6 Å². The zero-order chi connectivity index (χ0) is 17.4. The first-order valence-electron chi connectivity index (χ1n) is 8.71. The Kier molecular flexibility index (Phi) is 3.97. The van der Waals surface area contributed by atoms with E-state index in [9.17, 15) is 0 Å². The predicted octanol–water partition coefficient (Wildman–Crippen LogP) is 7.48. The first-order valence-corrected chi connectivity index (χ1v) is 9.53. The van der Waals surface area contributed by atoms with Crippen molar-refractivity contribution in [3.05, 3.63) is 84.4 Å². The van der Waals surface area contributed by atoms with E-state index in [-0.39, 0.29) is 5.41 Å². The summed E-state index contributed by atoms with van der Waals surface area (Å²) in [6.45, 7) is 6.85. The zero-order valence-electron chi connectivity index (χ0n) is 14.9. The van der Waals surface area contributed by atoms with Gasteiger partial charge in [-0.3, -0.25) is 0 Å². The molecule has 0 saturated heterocycles. The number of hydrogen-bond donors (Lipinski definition) is 0. The molecule has 0 bridgehead atoms. The van der Waals surface area contributed by atoms with Crippen molar-refractivity contribution in [2.45, 2.75) is 26.2 Å². The summed E-state index contributed by atoms with van der Waals surface area (Å²) in [5, 5.41) is 0. The second-order valence-corrected chi connectivity index (χ2v) is 8.59. The summed E-state index contributed by atoms with van der Waals surface area (Å²) in [6, 6.07) is 28.5. The third kappa shape index (κ3) is 3.12. The van der Waals surface area contributed by atoms with Gasteiger partial charge in [-0.2, -0.15) is 0 Å². The molecule has 124 valence electrons. The van der Waals surface area contributed by atoms with Crippen LogP contribution in [-0.4, -0.2) is 0 Å². The Balaban J connectivity index is 1.99. The largest absolute Gasteiger partial charge is 0.135 e. The summed E-state index contributed by atoms with van der Waals surface area (Å²) in [5.74, 6) is 0. The lowest BCUT2D eigenvalue weighted by Gasteiger charge is -2.16. The lowest BCUT2D eigenvalue weighted by atomic mass is 9.89. The van der Waals surface area contributed by atoms with Gasteiger partial charge in [0, 0.05) is 9.75 Å². The Morgan fingerprint density at radius 1 is 0.640 bits per heavy atom. The van der Waals surface area contributed by atoms with Crippen molar-refractivity contribution in [1.29, 1.82) is 0 Å². The number of benzene rings is 2. The van der Waals surface area contributed by atoms with Crippen LogP contribution < -0.4 is 0 Å². The minimum atomic E-state index is 0.157. The van der Waals surface area contributed by atoms with Crippen molar-refractivity contribution in [3.8, 4) is 32.0 Å². The van der Waals surface area contributed by atoms with Crippen molar-refractivity contribution < 1.29 is 0 Å². The lowest BCUT2D eigenvalue weighted by molar-refractivity contribution is 0.592. The van der Waals surface area contributed by atoms with Crippen LogP contribution in [0.25, 0.3) is 32.0 Å². The topological polar surface area (TPSA) is 0 Å². The molecular weight excluding hydrogens is 320 g/mol. The minimum Gasteiger partial charge on any atom is -0.135 e. The van der Waals surface area contributed by atoms with Crippen LogP contribution >= 0.6 is 11.3 Å². The average molecular weight is 343 g/mol. The summed E-state index contributed by atoms with van der Waals surface area (Å²) >= 11 is 1.88. The van der Waals surface area contributed by atoms with Gasteiger partial charge >= 0.3 is 0 Å². The summed E-state index contributed by atoms with van der Waals surface area (Å²) in [7, 11) is 0. The minimum absolute atomic E-state index is 0.157. The number of rotatable bonds is 2. The second-order valence-electron chi connectivity index (χ2n) is 7.53. The van der Waals surface area contributed by atoms with Crippen molar-refractivity contribution in [3.63, 3.8) is 0 Å². The third-order valence-corrected chi connectivity index (χ3v) is 5.86. The Bertz CT molecular complexity index is 956. The highest BCUT2D eigenvalue weighted by molar-refractivity contribution is 7.19. The lowest BCUT2D eigenvalue weighted by Crippen LogP contribution is -2.08. The molecule has 2 aromatic rings. The van der Waals surface area contributed by atoms with Crippen molar-refractivity contribution >= 4 is 11.3 Å². The van der Waals surface area contributed by atoms with Crippen LogP contribution in [0.1, 0.15) is 26.3 Å². The normalized spacial score (nSPS) is 11.8. The zero-order valence-corrected chi connectivity index (χ0v) is 15.7. The standard InChI is InChI=1S/C24H22S/c1-24(2,3)20-14-19-15-22(17-10-6-4-7-11-17)25-23(21(19)16-20)18-12-8-5-9-13-18/h4-16H,1-3H3. The van der Waals surface area contributed by atoms with Crippen molar-refractivity contribution in [2.24, 2.45) is 0 Å². The highest BCUT2D eigenvalue weighted by atomic mass is 32.1. The molecule has 1 aliphatic heterocycles. The smallest absolute Gasteiger partial charge is 0.0427 e. The molecule has 0 N–H and O–H groups in total. The molecule has 2 aromatic carbocycles. The highest BCUT2D eigenvalue weighted by Gasteiger charge is 2.21. The molecule has 1 aliphatic carbocycles. The van der Waals surface area contributed by atoms with Crippen LogP contribution in [-0.2, 0) is 5.41 Å². The fourth-order valence-corrected chi connectivity index (χ4v) is 4.36. The Hall–Kier alpha value is -2.38. The second kappa shape index (κ2) is 6.16. The van der Waals surface area contributed by atoms with E-state index in [1.54, 1.807) is 0 Å². The van der Waals surface area contributed by atoms with Gasteiger partial charge in [0.25, 0.3) is 0 Å². The molecule has 0 aromatic heterocycles. The summed E-state index contributed by atoms with van der Waals surface area (Å²) in [4.78, 5) is 2.67. The van der Waals surface area contributed by atoms with Gasteiger partial charge in [-0.05, 0) is 45.4 Å². The molecule has 0 saturated carbocycles. The van der Waals surface area contributed by atoms with E-state index in [2.05, 4.69) is 99.6 Å². The maximum Gasteiger partial charge on any atom is 0.0427 e. The highest BCUT2D eigenvalue weighted by Crippen LogP contribution is 2.45. The van der Waals surface area contributed by atoms with E-state index < -0.39 is 0 Å². The SMILES string of the molecule is CC(C)(C)c1cc2cc(-c3ccccc3)sc(-c3ccccc3)c-2c1. The number of fused-ring (bicyclic) bond motifs is 1. The molecule has 4 rings (SSSR count). The predicted molar refractivity (Wildman–Crippen MR) is 111 cm³/mol. The molecule has 0 radical (unpaired) electrons. The van der Waals surface area contributed by atoms with E-state index in [0.717, 1.165) is 0 Å². The molecule has 1 heteroatoms. The van der Waals surface area contributed by atoms with E-state index in [4.69, 9.17) is 0 Å². The molecule has 25 heavy (non-hydrogen) atoms. The monoisotopic (exact) mass is 342 g/mol. The number of hydrogen-bond acceptors (Lipinski definition) is 1. The molecule has 0 amide bonds. The van der Waals surface area contributed by atoms with E-state index in [1.807, 2.05) is 11.3 Å². The van der Waals surface area contributed by atoms with Gasteiger partial charge in [-0.15, -0.1) is 11.3 Å². The molecule has 2 aliphatic rings. The van der Waals surface area contributed by atoms with Gasteiger partial charge in [0.1, 0.15) is 0 Å². The Morgan fingerprint density at radius 2 is 1.24 bits per heavy atom. The van der Waals surface area contributed by atoms with Crippen LogP contribution in [0, 0.1) is 0 Å². The van der Waals surface area contributed by atoms with Gasteiger partial charge in [-0.1, -0.05) is 87.5 Å². The first-order chi connectivity index (χ1) is 12.0. The van der Waals surface area contributed by atoms with Crippen molar-refractivity contribution in [2.75, 3.05) is 0 Å². The summed E-state index contributed by atoms with van der Waals surface area (Å²) in [6.07, 6.45) is 0. The Labute approximate surface area is 154 Å². The molecular formula is C24H22S. The van der Waals surface area contributed by atoms with Gasteiger partial charge in [0.2, 0.25) is 0 Å². The van der Waals surface area contributed by atoms with Crippen LogP contribution in [0.4, 0.5) is 0 Å². The summed E-state index contributed by atoms with van der Waals surface area (Å²) in [5.41, 5.74) is 6.83. The maximum atomic E-state index is 2.38.